The molecule has 0 aliphatic rings. The monoisotopic (exact) mass is 434 g/mol. The first-order valence-electron chi connectivity index (χ1n) is 11.6. The average Bonchev–Trinajstić information content (AvgIpc) is 2.65. The molecule has 0 saturated carbocycles. The molecule has 0 aliphatic heterocycles. The molecule has 0 bridgehead atoms. The van der Waals surface area contributed by atoms with Crippen molar-refractivity contribution < 1.29 is 10.2 Å². The molecule has 0 aliphatic carbocycles. The van der Waals surface area contributed by atoms with Crippen LogP contribution in [0.25, 0.3) is 0 Å². The van der Waals surface area contributed by atoms with Gasteiger partial charge in [-0.05, 0) is 54.6 Å². The summed E-state index contributed by atoms with van der Waals surface area (Å²) in [5, 5.41) is 23.0. The van der Waals surface area contributed by atoms with E-state index in [0.29, 0.717) is 11.5 Å². The predicted molar refractivity (Wildman–Crippen MR) is 138 cm³/mol. The Morgan fingerprint density at radius 2 is 1.06 bits per heavy atom. The fourth-order valence-electron chi connectivity index (χ4n) is 4.70. The molecule has 32 heavy (non-hydrogen) atoms. The molecule has 2 aromatic carbocycles. The van der Waals surface area contributed by atoms with Crippen LogP contribution < -0.4 is 0 Å². The van der Waals surface area contributed by atoms with Gasteiger partial charge in [-0.1, -0.05) is 89.1 Å². The summed E-state index contributed by atoms with van der Waals surface area (Å²) in [5.41, 5.74) is 5.39. The van der Waals surface area contributed by atoms with E-state index in [-0.39, 0.29) is 22.7 Å². The van der Waals surface area contributed by atoms with E-state index in [2.05, 4.69) is 92.8 Å². The van der Waals surface area contributed by atoms with Crippen LogP contribution in [0.4, 0.5) is 0 Å². The largest absolute Gasteiger partial charge is 0.507 e. The van der Waals surface area contributed by atoms with Crippen LogP contribution in [-0.2, 0) is 10.8 Å². The standard InChI is InChI=1S/C30H42O2/c1-11-13-21(14-12-2)26(22-15-19(3)17-24(27(22)31)29(5,6)7)23-16-20(4)18-25(28(23)32)30(8,9)10/h11-12,15-18,21,26,31-32H,1-2,13-14H2,3-10H3. The number of hydrogen-bond acceptors (Lipinski definition) is 2. The van der Waals surface area contributed by atoms with Crippen molar-refractivity contribution in [2.75, 3.05) is 0 Å². The van der Waals surface area contributed by atoms with Gasteiger partial charge in [0.25, 0.3) is 0 Å². The number of rotatable bonds is 7. The van der Waals surface area contributed by atoms with Crippen LogP contribution in [-0.4, -0.2) is 10.2 Å². The fourth-order valence-corrected chi connectivity index (χ4v) is 4.70. The van der Waals surface area contributed by atoms with E-state index in [1.807, 2.05) is 12.2 Å². The summed E-state index contributed by atoms with van der Waals surface area (Å²) in [5.74, 6) is 0.577. The minimum Gasteiger partial charge on any atom is -0.507 e. The summed E-state index contributed by atoms with van der Waals surface area (Å²) in [6.07, 6.45) is 5.37. The van der Waals surface area contributed by atoms with Gasteiger partial charge in [-0.3, -0.25) is 0 Å². The highest BCUT2D eigenvalue weighted by molar-refractivity contribution is 5.56. The minimum absolute atomic E-state index is 0.117. The van der Waals surface area contributed by atoms with Gasteiger partial charge in [0.1, 0.15) is 11.5 Å². The van der Waals surface area contributed by atoms with Crippen LogP contribution in [0, 0.1) is 19.8 Å². The van der Waals surface area contributed by atoms with Gasteiger partial charge < -0.3 is 10.2 Å². The van der Waals surface area contributed by atoms with E-state index < -0.39 is 0 Å². The molecule has 0 radical (unpaired) electrons. The molecule has 2 heteroatoms. The van der Waals surface area contributed by atoms with Crippen molar-refractivity contribution in [1.29, 1.82) is 0 Å². The van der Waals surface area contributed by atoms with E-state index >= 15 is 0 Å². The molecule has 0 unspecified atom stereocenters. The highest BCUT2D eigenvalue weighted by atomic mass is 16.3. The summed E-state index contributed by atoms with van der Waals surface area (Å²) in [4.78, 5) is 0. The molecule has 0 fully saturated rings. The van der Waals surface area contributed by atoms with Crippen LogP contribution in [0.3, 0.4) is 0 Å². The van der Waals surface area contributed by atoms with Crippen molar-refractivity contribution in [3.05, 3.63) is 83.0 Å². The summed E-state index contributed by atoms with van der Waals surface area (Å²) >= 11 is 0. The first kappa shape index (κ1) is 25.8. The molecule has 0 atom stereocenters. The molecular weight excluding hydrogens is 392 g/mol. The number of benzene rings is 2. The number of aryl methyl sites for hydroxylation is 2. The maximum Gasteiger partial charge on any atom is 0.123 e. The molecule has 0 saturated heterocycles. The molecule has 174 valence electrons. The highest BCUT2D eigenvalue weighted by Gasteiger charge is 2.33. The molecule has 2 rings (SSSR count). The second-order valence-corrected chi connectivity index (χ2v) is 11.3. The van der Waals surface area contributed by atoms with Crippen LogP contribution in [0.1, 0.15) is 93.7 Å². The Hall–Kier alpha value is -2.48. The zero-order chi connectivity index (χ0) is 24.4. The van der Waals surface area contributed by atoms with Crippen LogP contribution in [0.15, 0.2) is 49.6 Å². The predicted octanol–water partition coefficient (Wildman–Crippen LogP) is 8.21. The van der Waals surface area contributed by atoms with Crippen LogP contribution in [0.5, 0.6) is 11.5 Å². The average molecular weight is 435 g/mol. The normalized spacial score (nSPS) is 12.4. The van der Waals surface area contributed by atoms with Crippen molar-refractivity contribution in [2.45, 2.75) is 85.0 Å². The van der Waals surface area contributed by atoms with Gasteiger partial charge in [-0.2, -0.15) is 0 Å². The third-order valence-corrected chi connectivity index (χ3v) is 6.26. The van der Waals surface area contributed by atoms with E-state index in [1.54, 1.807) is 0 Å². The van der Waals surface area contributed by atoms with Gasteiger partial charge in [0, 0.05) is 17.0 Å². The molecular formula is C30H42O2. The van der Waals surface area contributed by atoms with Crippen LogP contribution >= 0.6 is 0 Å². The Bertz CT molecular complexity index is 904. The zero-order valence-electron chi connectivity index (χ0n) is 21.3. The lowest BCUT2D eigenvalue weighted by Gasteiger charge is -2.33. The summed E-state index contributed by atoms with van der Waals surface area (Å²) in [6, 6.07) is 8.30. The number of hydrogen-bond donors (Lipinski definition) is 2. The maximum absolute atomic E-state index is 11.5. The molecule has 0 spiro atoms. The highest BCUT2D eigenvalue weighted by Crippen LogP contribution is 2.48. The van der Waals surface area contributed by atoms with Gasteiger partial charge in [0.05, 0.1) is 0 Å². The number of phenols is 2. The molecule has 0 heterocycles. The zero-order valence-corrected chi connectivity index (χ0v) is 21.3. The lowest BCUT2D eigenvalue weighted by Crippen LogP contribution is -2.19. The Labute approximate surface area is 195 Å². The first-order chi connectivity index (χ1) is 14.7. The molecule has 2 aromatic rings. The lowest BCUT2D eigenvalue weighted by molar-refractivity contribution is 0.398. The molecule has 0 amide bonds. The maximum atomic E-state index is 11.5. The Kier molecular flexibility index (Phi) is 7.71. The van der Waals surface area contributed by atoms with Crippen LogP contribution in [0.2, 0.25) is 0 Å². The lowest BCUT2D eigenvalue weighted by atomic mass is 9.72. The van der Waals surface area contributed by atoms with Crippen molar-refractivity contribution in [3.63, 3.8) is 0 Å². The number of allylic oxidation sites excluding steroid dienone is 2. The van der Waals surface area contributed by atoms with Gasteiger partial charge in [0.2, 0.25) is 0 Å². The van der Waals surface area contributed by atoms with Crippen molar-refractivity contribution in [1.82, 2.24) is 0 Å². The Morgan fingerprint density at radius 3 is 1.34 bits per heavy atom. The molecule has 2 nitrogen and oxygen atoms in total. The Morgan fingerprint density at radius 1 is 0.719 bits per heavy atom. The van der Waals surface area contributed by atoms with E-state index in [9.17, 15) is 10.2 Å². The van der Waals surface area contributed by atoms with E-state index in [1.165, 1.54) is 0 Å². The van der Waals surface area contributed by atoms with Gasteiger partial charge in [-0.15, -0.1) is 13.2 Å². The van der Waals surface area contributed by atoms with Gasteiger partial charge in [-0.25, -0.2) is 0 Å². The van der Waals surface area contributed by atoms with Crippen molar-refractivity contribution in [3.8, 4) is 11.5 Å². The van der Waals surface area contributed by atoms with Crippen molar-refractivity contribution in [2.24, 2.45) is 5.92 Å². The fraction of sp³-hybridized carbons (Fsp3) is 0.467. The minimum atomic E-state index is -0.201. The Balaban J connectivity index is 2.95. The van der Waals surface area contributed by atoms with Crippen molar-refractivity contribution >= 4 is 0 Å². The number of phenolic OH excluding ortho intramolecular Hbond substituents is 2. The quantitative estimate of drug-likeness (QED) is 0.431. The third-order valence-electron chi connectivity index (χ3n) is 6.26. The first-order valence-corrected chi connectivity index (χ1v) is 11.6. The molecule has 2 N–H and O–H groups in total. The summed E-state index contributed by atoms with van der Waals surface area (Å²) < 4.78 is 0. The van der Waals surface area contributed by atoms with E-state index in [0.717, 1.165) is 46.2 Å². The van der Waals surface area contributed by atoms with Gasteiger partial charge >= 0.3 is 0 Å². The second-order valence-electron chi connectivity index (χ2n) is 11.3. The van der Waals surface area contributed by atoms with Gasteiger partial charge in [0.15, 0.2) is 0 Å². The summed E-state index contributed by atoms with van der Waals surface area (Å²) in [7, 11) is 0. The molecule has 0 aromatic heterocycles. The van der Waals surface area contributed by atoms with E-state index in [4.69, 9.17) is 0 Å². The topological polar surface area (TPSA) is 40.5 Å². The third kappa shape index (κ3) is 5.46. The SMILES string of the molecule is C=CCC(CC=C)C(c1cc(C)cc(C(C)(C)C)c1O)c1cc(C)cc(C(C)(C)C)c1O. The number of aromatic hydroxyl groups is 2. The smallest absolute Gasteiger partial charge is 0.123 e. The summed E-state index contributed by atoms with van der Waals surface area (Å²) in [6.45, 7) is 24.8. The second kappa shape index (κ2) is 9.57.